The largest absolute Gasteiger partial charge is 0.389 e. The second-order valence-corrected chi connectivity index (χ2v) is 5.48. The second-order valence-electron chi connectivity index (χ2n) is 5.48. The quantitative estimate of drug-likeness (QED) is 0.786. The first-order valence-corrected chi connectivity index (χ1v) is 5.46. The molecular weight excluding hydrogens is 219 g/mol. The van der Waals surface area contributed by atoms with Gasteiger partial charge >= 0.3 is 6.18 Å². The van der Waals surface area contributed by atoms with Crippen molar-refractivity contribution in [1.29, 1.82) is 0 Å². The summed E-state index contributed by atoms with van der Waals surface area (Å²) in [5.74, 6) is -1.37. The van der Waals surface area contributed by atoms with Crippen molar-refractivity contribution in [1.82, 2.24) is 5.32 Å². The molecule has 0 bridgehead atoms. The highest BCUT2D eigenvalue weighted by atomic mass is 19.4. The summed E-state index contributed by atoms with van der Waals surface area (Å²) in [4.78, 5) is 11.5. The van der Waals surface area contributed by atoms with Crippen molar-refractivity contribution >= 4 is 5.91 Å². The first kappa shape index (κ1) is 13.3. The predicted molar refractivity (Wildman–Crippen MR) is 54.7 cm³/mol. The summed E-state index contributed by atoms with van der Waals surface area (Å²) < 4.78 is 37.5. The summed E-state index contributed by atoms with van der Waals surface area (Å²) in [6, 6.07) is 0. The van der Waals surface area contributed by atoms with E-state index in [1.165, 1.54) is 0 Å². The zero-order valence-corrected chi connectivity index (χ0v) is 9.82. The zero-order chi connectivity index (χ0) is 12.6. The lowest BCUT2D eigenvalue weighted by Gasteiger charge is -2.34. The van der Waals surface area contributed by atoms with Gasteiger partial charge in [0.05, 0.1) is 0 Å². The van der Waals surface area contributed by atoms with E-state index >= 15 is 0 Å². The Hall–Kier alpha value is -0.740. The molecule has 0 aromatic heterocycles. The molecular formula is C11H18F3NO. The number of alkyl halides is 3. The van der Waals surface area contributed by atoms with Crippen LogP contribution in [-0.2, 0) is 4.79 Å². The van der Waals surface area contributed by atoms with Crippen molar-refractivity contribution in [3.05, 3.63) is 0 Å². The van der Waals surface area contributed by atoms with Crippen LogP contribution in [-0.4, -0.2) is 18.6 Å². The predicted octanol–water partition coefficient (Wildman–Crippen LogP) is 2.74. The lowest BCUT2D eigenvalue weighted by molar-refractivity contribution is -0.159. The van der Waals surface area contributed by atoms with E-state index in [0.717, 1.165) is 0 Å². The maximum atomic E-state index is 12.5. The van der Waals surface area contributed by atoms with E-state index in [-0.39, 0.29) is 5.91 Å². The fourth-order valence-corrected chi connectivity index (χ4v) is 2.30. The molecule has 1 heterocycles. The average Bonchev–Trinajstić information content (AvgIpc) is 2.43. The molecule has 16 heavy (non-hydrogen) atoms. The van der Waals surface area contributed by atoms with E-state index in [2.05, 4.69) is 5.32 Å². The summed E-state index contributed by atoms with van der Waals surface area (Å²) in [6.07, 6.45) is -4.58. The highest BCUT2D eigenvalue weighted by molar-refractivity contribution is 5.81. The van der Waals surface area contributed by atoms with Crippen LogP contribution in [0.1, 0.15) is 33.6 Å². The third-order valence-corrected chi connectivity index (χ3v) is 3.14. The van der Waals surface area contributed by atoms with Crippen LogP contribution in [0.5, 0.6) is 0 Å². The van der Waals surface area contributed by atoms with E-state index < -0.39 is 29.8 Å². The van der Waals surface area contributed by atoms with Gasteiger partial charge in [-0.25, -0.2) is 0 Å². The van der Waals surface area contributed by atoms with E-state index in [1.54, 1.807) is 20.8 Å². The molecule has 2 atom stereocenters. The molecule has 0 aromatic rings. The highest BCUT2D eigenvalue weighted by Gasteiger charge is 2.44. The van der Waals surface area contributed by atoms with Crippen LogP contribution in [0.25, 0.3) is 0 Å². The van der Waals surface area contributed by atoms with Crippen LogP contribution in [0.3, 0.4) is 0 Å². The van der Waals surface area contributed by atoms with Crippen LogP contribution < -0.4 is 5.32 Å². The molecule has 2 nitrogen and oxygen atoms in total. The number of hydrogen-bond donors (Lipinski definition) is 1. The van der Waals surface area contributed by atoms with E-state index in [9.17, 15) is 18.0 Å². The number of rotatable bonds is 2. The van der Waals surface area contributed by atoms with Crippen LogP contribution in [0, 0.1) is 17.3 Å². The Kier molecular flexibility index (Phi) is 3.55. The SMILES string of the molecule is CC(C)(C)C(CC(F)(F)F)C1CCNC1=O. The normalized spacial score (nSPS) is 24.4. The summed E-state index contributed by atoms with van der Waals surface area (Å²) in [5.41, 5.74) is -0.512. The number of nitrogens with one attached hydrogen (secondary N) is 1. The average molecular weight is 237 g/mol. The molecule has 1 amide bonds. The fourth-order valence-electron chi connectivity index (χ4n) is 2.30. The Morgan fingerprint density at radius 1 is 1.38 bits per heavy atom. The smallest absolute Gasteiger partial charge is 0.356 e. The minimum atomic E-state index is -4.21. The van der Waals surface area contributed by atoms with Gasteiger partial charge in [0, 0.05) is 18.9 Å². The first-order valence-electron chi connectivity index (χ1n) is 5.46. The monoisotopic (exact) mass is 237 g/mol. The van der Waals surface area contributed by atoms with Gasteiger partial charge in [-0.3, -0.25) is 4.79 Å². The first-order chi connectivity index (χ1) is 7.11. The Morgan fingerprint density at radius 2 is 1.94 bits per heavy atom. The second kappa shape index (κ2) is 4.26. The standard InChI is InChI=1S/C11H18F3NO/c1-10(2,3)8(6-11(12,13)14)7-4-5-15-9(7)16/h7-8H,4-6H2,1-3H3,(H,15,16). The third kappa shape index (κ3) is 3.39. The third-order valence-electron chi connectivity index (χ3n) is 3.14. The van der Waals surface area contributed by atoms with Gasteiger partial charge in [-0.15, -0.1) is 0 Å². The number of halogens is 3. The van der Waals surface area contributed by atoms with Gasteiger partial charge in [-0.1, -0.05) is 20.8 Å². The van der Waals surface area contributed by atoms with Crippen molar-refractivity contribution < 1.29 is 18.0 Å². The molecule has 0 saturated carbocycles. The van der Waals surface area contributed by atoms with Gasteiger partial charge < -0.3 is 5.32 Å². The van der Waals surface area contributed by atoms with E-state index in [0.29, 0.717) is 13.0 Å². The molecule has 1 rings (SSSR count). The van der Waals surface area contributed by atoms with Gasteiger partial charge in [0.25, 0.3) is 0 Å². The lowest BCUT2D eigenvalue weighted by atomic mass is 9.70. The molecule has 1 fully saturated rings. The summed E-state index contributed by atoms with van der Waals surface area (Å²) >= 11 is 0. The number of carbonyl (C=O) groups excluding carboxylic acids is 1. The van der Waals surface area contributed by atoms with Crippen molar-refractivity contribution in [3.63, 3.8) is 0 Å². The molecule has 0 aromatic carbocycles. The lowest BCUT2D eigenvalue weighted by Crippen LogP contribution is -2.36. The summed E-state index contributed by atoms with van der Waals surface area (Å²) in [5, 5.41) is 2.60. The van der Waals surface area contributed by atoms with Crippen molar-refractivity contribution in [2.45, 2.75) is 39.8 Å². The Morgan fingerprint density at radius 3 is 2.25 bits per heavy atom. The van der Waals surface area contributed by atoms with Crippen LogP contribution in [0.15, 0.2) is 0 Å². The van der Waals surface area contributed by atoms with Crippen LogP contribution in [0.4, 0.5) is 13.2 Å². The van der Waals surface area contributed by atoms with Gasteiger partial charge in [-0.05, 0) is 17.8 Å². The molecule has 0 aliphatic carbocycles. The van der Waals surface area contributed by atoms with Crippen LogP contribution in [0.2, 0.25) is 0 Å². The minimum absolute atomic E-state index is 0.232. The van der Waals surface area contributed by atoms with Gasteiger partial charge in [0.1, 0.15) is 0 Å². The maximum absolute atomic E-state index is 12.5. The number of amides is 1. The van der Waals surface area contributed by atoms with Gasteiger partial charge in [0.2, 0.25) is 5.91 Å². The minimum Gasteiger partial charge on any atom is -0.356 e. The number of hydrogen-bond acceptors (Lipinski definition) is 1. The topological polar surface area (TPSA) is 29.1 Å². The Bertz CT molecular complexity index is 267. The molecule has 1 aliphatic rings. The van der Waals surface area contributed by atoms with Crippen molar-refractivity contribution in [2.75, 3.05) is 6.54 Å². The maximum Gasteiger partial charge on any atom is 0.389 e. The van der Waals surface area contributed by atoms with Crippen molar-refractivity contribution in [2.24, 2.45) is 17.3 Å². The molecule has 0 spiro atoms. The molecule has 0 radical (unpaired) electrons. The Labute approximate surface area is 93.6 Å². The van der Waals surface area contributed by atoms with Gasteiger partial charge in [0.15, 0.2) is 0 Å². The Balaban J connectivity index is 2.83. The molecule has 5 heteroatoms. The number of carbonyl (C=O) groups is 1. The van der Waals surface area contributed by atoms with E-state index in [4.69, 9.17) is 0 Å². The molecule has 2 unspecified atom stereocenters. The molecule has 1 aliphatic heterocycles. The summed E-state index contributed by atoms with van der Waals surface area (Å²) in [7, 11) is 0. The summed E-state index contributed by atoms with van der Waals surface area (Å²) in [6.45, 7) is 5.77. The molecule has 1 N–H and O–H groups in total. The zero-order valence-electron chi connectivity index (χ0n) is 9.82. The van der Waals surface area contributed by atoms with Gasteiger partial charge in [-0.2, -0.15) is 13.2 Å². The fraction of sp³-hybridized carbons (Fsp3) is 0.909. The molecule has 94 valence electrons. The highest BCUT2D eigenvalue weighted by Crippen LogP contribution is 2.42. The van der Waals surface area contributed by atoms with Crippen molar-refractivity contribution in [3.8, 4) is 0 Å². The van der Waals surface area contributed by atoms with E-state index in [1.807, 2.05) is 0 Å². The molecule has 1 saturated heterocycles. The van der Waals surface area contributed by atoms with Crippen LogP contribution >= 0.6 is 0 Å².